The van der Waals surface area contributed by atoms with Crippen LogP contribution in [-0.2, 0) is 5.41 Å². The fourth-order valence-electron chi connectivity index (χ4n) is 5.16. The van der Waals surface area contributed by atoms with Gasteiger partial charge in [-0.1, -0.05) is 49.6 Å². The second kappa shape index (κ2) is 6.41. The third-order valence-corrected chi connectivity index (χ3v) is 6.57. The normalized spacial score (nSPS) is 16.8. The van der Waals surface area contributed by atoms with E-state index in [0.29, 0.717) is 0 Å². The molecule has 1 aliphatic heterocycles. The number of para-hydroxylation sites is 3. The number of rotatable bonds is 1. The van der Waals surface area contributed by atoms with E-state index in [1.807, 2.05) is 30.5 Å². The summed E-state index contributed by atoms with van der Waals surface area (Å²) in [5, 5.41) is 0. The van der Waals surface area contributed by atoms with Gasteiger partial charge in [0.05, 0.1) is 22.9 Å². The highest BCUT2D eigenvalue weighted by Crippen LogP contribution is 2.55. The van der Waals surface area contributed by atoms with Gasteiger partial charge in [0.2, 0.25) is 0 Å². The number of nitrogens with zero attached hydrogens (tertiary/aromatic N) is 2. The van der Waals surface area contributed by atoms with Crippen LogP contribution in [0.5, 0.6) is 11.5 Å². The Labute approximate surface area is 170 Å². The maximum atomic E-state index is 6.33. The molecule has 6 rings (SSSR count). The van der Waals surface area contributed by atoms with Crippen LogP contribution in [0.15, 0.2) is 72.9 Å². The Bertz CT molecular complexity index is 1220. The largest absolute Gasteiger partial charge is 0.457 e. The summed E-state index contributed by atoms with van der Waals surface area (Å²) in [6.07, 6.45) is 8.06. The second-order valence-electron chi connectivity index (χ2n) is 8.20. The second-order valence-corrected chi connectivity index (χ2v) is 8.20. The fourth-order valence-corrected chi connectivity index (χ4v) is 5.16. The first-order valence-corrected chi connectivity index (χ1v) is 10.5. The molecule has 0 unspecified atom stereocenters. The first-order chi connectivity index (χ1) is 14.3. The van der Waals surface area contributed by atoms with Gasteiger partial charge in [-0.3, -0.25) is 4.98 Å². The average Bonchev–Trinajstić information content (AvgIpc) is 2.79. The molecule has 0 saturated heterocycles. The van der Waals surface area contributed by atoms with Gasteiger partial charge in [-0.25, -0.2) is 4.98 Å². The predicted octanol–water partition coefficient (Wildman–Crippen LogP) is 6.65. The van der Waals surface area contributed by atoms with E-state index in [2.05, 4.69) is 47.4 Å². The van der Waals surface area contributed by atoms with Crippen molar-refractivity contribution in [3.05, 3.63) is 84.1 Å². The van der Waals surface area contributed by atoms with E-state index < -0.39 is 0 Å². The SMILES string of the molecule is c1ccc2c(c1)Oc1ccc(-c3cnc4ccccc4n3)cc1C21CCCCC1. The number of benzene rings is 3. The monoisotopic (exact) mass is 378 g/mol. The Morgan fingerprint density at radius 2 is 1.48 bits per heavy atom. The van der Waals surface area contributed by atoms with Crippen LogP contribution in [0.3, 0.4) is 0 Å². The predicted molar refractivity (Wildman–Crippen MR) is 115 cm³/mol. The zero-order valence-electron chi connectivity index (χ0n) is 16.3. The van der Waals surface area contributed by atoms with Gasteiger partial charge in [0.15, 0.2) is 0 Å². The lowest BCUT2D eigenvalue weighted by atomic mass is 9.63. The molecule has 1 fully saturated rings. The van der Waals surface area contributed by atoms with Crippen molar-refractivity contribution in [3.63, 3.8) is 0 Å². The molecule has 29 heavy (non-hydrogen) atoms. The van der Waals surface area contributed by atoms with Crippen molar-refractivity contribution in [2.24, 2.45) is 0 Å². The maximum Gasteiger partial charge on any atom is 0.131 e. The summed E-state index contributed by atoms with van der Waals surface area (Å²) < 4.78 is 6.33. The summed E-state index contributed by atoms with van der Waals surface area (Å²) in [6, 6.07) is 23.1. The van der Waals surface area contributed by atoms with Crippen molar-refractivity contribution >= 4 is 11.0 Å². The number of aromatic nitrogens is 2. The molecule has 4 aromatic rings. The van der Waals surface area contributed by atoms with E-state index in [-0.39, 0.29) is 5.41 Å². The Morgan fingerprint density at radius 1 is 0.724 bits per heavy atom. The van der Waals surface area contributed by atoms with Gasteiger partial charge in [0.1, 0.15) is 11.5 Å². The molecule has 0 radical (unpaired) electrons. The van der Waals surface area contributed by atoms with Gasteiger partial charge < -0.3 is 4.74 Å². The smallest absolute Gasteiger partial charge is 0.131 e. The molecule has 1 spiro atoms. The third kappa shape index (κ3) is 2.57. The molecule has 0 atom stereocenters. The van der Waals surface area contributed by atoms with Gasteiger partial charge >= 0.3 is 0 Å². The van der Waals surface area contributed by atoms with E-state index in [0.717, 1.165) is 33.8 Å². The van der Waals surface area contributed by atoms with Crippen molar-refractivity contribution in [1.82, 2.24) is 9.97 Å². The minimum Gasteiger partial charge on any atom is -0.457 e. The number of hydrogen-bond acceptors (Lipinski definition) is 3. The molecular weight excluding hydrogens is 356 g/mol. The topological polar surface area (TPSA) is 35.0 Å². The molecule has 2 heterocycles. The lowest BCUT2D eigenvalue weighted by Crippen LogP contribution is -2.33. The molecule has 1 aromatic heterocycles. The van der Waals surface area contributed by atoms with Crippen molar-refractivity contribution < 1.29 is 4.74 Å². The summed E-state index contributed by atoms with van der Waals surface area (Å²) in [6.45, 7) is 0. The van der Waals surface area contributed by atoms with Gasteiger partial charge in [-0.15, -0.1) is 0 Å². The molecule has 3 nitrogen and oxygen atoms in total. The van der Waals surface area contributed by atoms with E-state index in [9.17, 15) is 0 Å². The minimum absolute atomic E-state index is 0.0444. The van der Waals surface area contributed by atoms with Crippen LogP contribution in [0.25, 0.3) is 22.3 Å². The van der Waals surface area contributed by atoms with E-state index in [1.54, 1.807) is 0 Å². The molecule has 1 saturated carbocycles. The van der Waals surface area contributed by atoms with Gasteiger partial charge in [0.25, 0.3) is 0 Å². The molecule has 3 aromatic carbocycles. The summed E-state index contributed by atoms with van der Waals surface area (Å²) in [7, 11) is 0. The highest BCUT2D eigenvalue weighted by molar-refractivity contribution is 5.77. The first-order valence-electron chi connectivity index (χ1n) is 10.5. The van der Waals surface area contributed by atoms with Crippen LogP contribution >= 0.6 is 0 Å². The minimum atomic E-state index is 0.0444. The summed E-state index contributed by atoms with van der Waals surface area (Å²) in [4.78, 5) is 9.48. The molecular formula is C26H22N2O. The summed E-state index contributed by atoms with van der Waals surface area (Å²) in [5.41, 5.74) is 6.57. The highest BCUT2D eigenvalue weighted by Gasteiger charge is 2.42. The molecule has 2 aliphatic rings. The van der Waals surface area contributed by atoms with Crippen LogP contribution < -0.4 is 4.74 Å². The van der Waals surface area contributed by atoms with Crippen LogP contribution in [-0.4, -0.2) is 9.97 Å². The Morgan fingerprint density at radius 3 is 2.38 bits per heavy atom. The molecule has 1 aliphatic carbocycles. The van der Waals surface area contributed by atoms with E-state index in [4.69, 9.17) is 9.72 Å². The molecule has 0 bridgehead atoms. The maximum absolute atomic E-state index is 6.33. The number of hydrogen-bond donors (Lipinski definition) is 0. The number of ether oxygens (including phenoxy) is 1. The van der Waals surface area contributed by atoms with Crippen molar-refractivity contribution in [3.8, 4) is 22.8 Å². The zero-order valence-corrected chi connectivity index (χ0v) is 16.3. The van der Waals surface area contributed by atoms with Gasteiger partial charge in [-0.2, -0.15) is 0 Å². The van der Waals surface area contributed by atoms with Crippen molar-refractivity contribution in [1.29, 1.82) is 0 Å². The molecule has 3 heteroatoms. The Kier molecular flexibility index (Phi) is 3.70. The first kappa shape index (κ1) is 16.7. The zero-order chi connectivity index (χ0) is 19.3. The fraction of sp³-hybridized carbons (Fsp3) is 0.231. The van der Waals surface area contributed by atoms with Crippen LogP contribution in [0.1, 0.15) is 43.2 Å². The van der Waals surface area contributed by atoms with Crippen LogP contribution in [0, 0.1) is 0 Å². The average molecular weight is 378 g/mol. The quantitative estimate of drug-likeness (QED) is 0.372. The standard InChI is InChI=1S/C26H22N2O/c1-6-14-26(15-7-1)19-8-2-5-11-24(19)29-25-13-12-18(16-20(25)26)23-17-27-21-9-3-4-10-22(21)28-23/h2-5,8-13,16-17H,1,6-7,14-15H2. The van der Waals surface area contributed by atoms with E-state index >= 15 is 0 Å². The number of fused-ring (bicyclic) bond motifs is 5. The summed E-state index contributed by atoms with van der Waals surface area (Å²) in [5.74, 6) is 2.00. The van der Waals surface area contributed by atoms with Crippen molar-refractivity contribution in [2.75, 3.05) is 0 Å². The van der Waals surface area contributed by atoms with Gasteiger partial charge in [0, 0.05) is 22.1 Å². The molecule has 0 N–H and O–H groups in total. The van der Waals surface area contributed by atoms with Crippen LogP contribution in [0.2, 0.25) is 0 Å². The van der Waals surface area contributed by atoms with Gasteiger partial charge in [-0.05, 0) is 49.2 Å². The lowest BCUT2D eigenvalue weighted by molar-refractivity contribution is 0.306. The van der Waals surface area contributed by atoms with E-state index in [1.165, 1.54) is 43.2 Å². The van der Waals surface area contributed by atoms with Crippen molar-refractivity contribution in [2.45, 2.75) is 37.5 Å². The third-order valence-electron chi connectivity index (χ3n) is 6.57. The lowest BCUT2D eigenvalue weighted by Gasteiger charge is -2.43. The summed E-state index contributed by atoms with van der Waals surface area (Å²) >= 11 is 0. The molecule has 0 amide bonds. The highest BCUT2D eigenvalue weighted by atomic mass is 16.5. The van der Waals surface area contributed by atoms with Crippen LogP contribution in [0.4, 0.5) is 0 Å². The molecule has 142 valence electrons. The Balaban J connectivity index is 1.53. The Hall–Kier alpha value is -3.20.